The summed E-state index contributed by atoms with van der Waals surface area (Å²) in [5.41, 5.74) is 1.06. The van der Waals surface area contributed by atoms with Crippen molar-refractivity contribution in [2.75, 3.05) is 7.11 Å². The number of ether oxygens (including phenoxy) is 2. The van der Waals surface area contributed by atoms with Crippen molar-refractivity contribution in [3.8, 4) is 11.5 Å². The molecule has 0 heterocycles. The SMILES string of the molecule is COc1ccc([C@@H](CC(C)C)NC(=O)[C@@H](C)Oc2ccc(Br)cc2)cc1. The van der Waals surface area contributed by atoms with E-state index in [4.69, 9.17) is 9.47 Å². The first-order chi connectivity index (χ1) is 12.4. The molecular formula is C21H26BrNO3. The van der Waals surface area contributed by atoms with Crippen molar-refractivity contribution in [2.24, 2.45) is 5.92 Å². The zero-order valence-corrected chi connectivity index (χ0v) is 17.2. The van der Waals surface area contributed by atoms with Crippen molar-refractivity contribution in [1.82, 2.24) is 5.32 Å². The molecule has 140 valence electrons. The van der Waals surface area contributed by atoms with Crippen LogP contribution in [-0.2, 0) is 4.79 Å². The highest BCUT2D eigenvalue weighted by atomic mass is 79.9. The number of rotatable bonds is 8. The number of halogens is 1. The summed E-state index contributed by atoms with van der Waals surface area (Å²) in [7, 11) is 1.64. The van der Waals surface area contributed by atoms with Crippen molar-refractivity contribution < 1.29 is 14.3 Å². The third kappa shape index (κ3) is 6.06. The number of amides is 1. The molecule has 2 aromatic carbocycles. The molecule has 0 aliphatic carbocycles. The van der Waals surface area contributed by atoms with Gasteiger partial charge in [-0.25, -0.2) is 0 Å². The molecule has 0 saturated heterocycles. The highest BCUT2D eigenvalue weighted by molar-refractivity contribution is 9.10. The van der Waals surface area contributed by atoms with Gasteiger partial charge in [0.25, 0.3) is 5.91 Å². The molecule has 26 heavy (non-hydrogen) atoms. The molecule has 2 rings (SSSR count). The van der Waals surface area contributed by atoms with Crippen LogP contribution in [0.25, 0.3) is 0 Å². The van der Waals surface area contributed by atoms with Crippen LogP contribution in [0, 0.1) is 5.92 Å². The summed E-state index contributed by atoms with van der Waals surface area (Å²) in [6.45, 7) is 6.05. The normalized spacial score (nSPS) is 13.2. The average molecular weight is 420 g/mol. The smallest absolute Gasteiger partial charge is 0.261 e. The number of carbonyl (C=O) groups is 1. The lowest BCUT2D eigenvalue weighted by Crippen LogP contribution is -2.39. The first-order valence-corrected chi connectivity index (χ1v) is 9.55. The van der Waals surface area contributed by atoms with Crippen LogP contribution in [0.15, 0.2) is 53.0 Å². The van der Waals surface area contributed by atoms with Crippen molar-refractivity contribution in [3.63, 3.8) is 0 Å². The van der Waals surface area contributed by atoms with Gasteiger partial charge < -0.3 is 14.8 Å². The molecule has 0 aliphatic rings. The monoisotopic (exact) mass is 419 g/mol. The van der Waals surface area contributed by atoms with Crippen LogP contribution in [0.4, 0.5) is 0 Å². The Morgan fingerprint density at radius 3 is 2.12 bits per heavy atom. The van der Waals surface area contributed by atoms with Crippen LogP contribution >= 0.6 is 15.9 Å². The molecule has 2 aromatic rings. The summed E-state index contributed by atoms with van der Waals surface area (Å²) in [5, 5.41) is 3.12. The van der Waals surface area contributed by atoms with E-state index in [0.717, 1.165) is 22.2 Å². The van der Waals surface area contributed by atoms with Gasteiger partial charge in [0.15, 0.2) is 6.10 Å². The minimum Gasteiger partial charge on any atom is -0.497 e. The molecule has 0 fully saturated rings. The van der Waals surface area contributed by atoms with Crippen LogP contribution in [-0.4, -0.2) is 19.1 Å². The lowest BCUT2D eigenvalue weighted by molar-refractivity contribution is -0.128. The lowest BCUT2D eigenvalue weighted by Gasteiger charge is -2.23. The molecule has 0 aromatic heterocycles. The first-order valence-electron chi connectivity index (χ1n) is 8.75. The van der Waals surface area contributed by atoms with Gasteiger partial charge in [-0.3, -0.25) is 4.79 Å². The van der Waals surface area contributed by atoms with Gasteiger partial charge in [-0.1, -0.05) is 41.9 Å². The Labute approximate surface area is 164 Å². The molecular weight excluding hydrogens is 394 g/mol. The predicted molar refractivity (Wildman–Crippen MR) is 108 cm³/mol. The molecule has 0 saturated carbocycles. The van der Waals surface area contributed by atoms with Gasteiger partial charge in [-0.05, 0) is 61.2 Å². The van der Waals surface area contributed by atoms with E-state index in [1.165, 1.54) is 0 Å². The highest BCUT2D eigenvalue weighted by Gasteiger charge is 2.21. The standard InChI is InChI=1S/C21H26BrNO3/c1-14(2)13-20(16-5-9-18(25-4)10-6-16)23-21(24)15(3)26-19-11-7-17(22)8-12-19/h5-12,14-15,20H,13H2,1-4H3,(H,23,24)/t15-,20-/m1/s1. The van der Waals surface area contributed by atoms with Gasteiger partial charge in [0, 0.05) is 4.47 Å². The van der Waals surface area contributed by atoms with Gasteiger partial charge in [0.2, 0.25) is 0 Å². The molecule has 0 aliphatic heterocycles. The molecule has 1 N–H and O–H groups in total. The van der Waals surface area contributed by atoms with E-state index in [2.05, 4.69) is 35.1 Å². The van der Waals surface area contributed by atoms with Gasteiger partial charge in [-0.2, -0.15) is 0 Å². The fraction of sp³-hybridized carbons (Fsp3) is 0.381. The number of nitrogens with one attached hydrogen (secondary N) is 1. The Hall–Kier alpha value is -2.01. The molecule has 0 radical (unpaired) electrons. The maximum atomic E-state index is 12.6. The Bertz CT molecular complexity index is 698. The number of hydrogen-bond acceptors (Lipinski definition) is 3. The van der Waals surface area contributed by atoms with Gasteiger partial charge >= 0.3 is 0 Å². The quantitative estimate of drug-likeness (QED) is 0.644. The Morgan fingerprint density at radius 1 is 1.00 bits per heavy atom. The summed E-state index contributed by atoms with van der Waals surface area (Å²) in [4.78, 5) is 12.6. The number of benzene rings is 2. The maximum Gasteiger partial charge on any atom is 0.261 e. The number of carbonyl (C=O) groups excluding carboxylic acids is 1. The van der Waals surface area contributed by atoms with Crippen molar-refractivity contribution in [1.29, 1.82) is 0 Å². The summed E-state index contributed by atoms with van der Waals surface area (Å²) in [5.74, 6) is 1.79. The molecule has 0 spiro atoms. The number of hydrogen-bond donors (Lipinski definition) is 1. The Kier molecular flexibility index (Phi) is 7.51. The summed E-state index contributed by atoms with van der Waals surface area (Å²) < 4.78 is 11.9. The minimum absolute atomic E-state index is 0.0654. The van der Waals surface area contributed by atoms with E-state index in [0.29, 0.717) is 11.7 Å². The predicted octanol–water partition coefficient (Wildman–Crippen LogP) is 5.13. The maximum absolute atomic E-state index is 12.6. The molecule has 0 bridgehead atoms. The fourth-order valence-electron chi connectivity index (χ4n) is 2.65. The van der Waals surface area contributed by atoms with E-state index in [-0.39, 0.29) is 11.9 Å². The van der Waals surface area contributed by atoms with E-state index >= 15 is 0 Å². The molecule has 5 heteroatoms. The largest absolute Gasteiger partial charge is 0.497 e. The fourth-order valence-corrected chi connectivity index (χ4v) is 2.91. The third-order valence-electron chi connectivity index (χ3n) is 4.04. The van der Waals surface area contributed by atoms with E-state index in [9.17, 15) is 4.79 Å². The zero-order valence-electron chi connectivity index (χ0n) is 15.7. The second-order valence-electron chi connectivity index (χ2n) is 6.68. The van der Waals surface area contributed by atoms with Gasteiger partial charge in [-0.15, -0.1) is 0 Å². The van der Waals surface area contributed by atoms with Crippen LogP contribution < -0.4 is 14.8 Å². The second-order valence-corrected chi connectivity index (χ2v) is 7.59. The lowest BCUT2D eigenvalue weighted by atomic mass is 9.96. The Morgan fingerprint density at radius 2 is 1.58 bits per heavy atom. The second kappa shape index (κ2) is 9.62. The summed E-state index contributed by atoms with van der Waals surface area (Å²) in [6.07, 6.45) is 0.271. The van der Waals surface area contributed by atoms with Crippen molar-refractivity contribution in [3.05, 3.63) is 58.6 Å². The average Bonchev–Trinajstić information content (AvgIpc) is 2.62. The highest BCUT2D eigenvalue weighted by Crippen LogP contribution is 2.24. The molecule has 0 unspecified atom stereocenters. The van der Waals surface area contributed by atoms with Crippen LogP contribution in [0.5, 0.6) is 11.5 Å². The summed E-state index contributed by atoms with van der Waals surface area (Å²) in [6, 6.07) is 15.2. The van der Waals surface area contributed by atoms with Gasteiger partial charge in [0.05, 0.1) is 13.2 Å². The van der Waals surface area contributed by atoms with Crippen LogP contribution in [0.1, 0.15) is 38.8 Å². The van der Waals surface area contributed by atoms with E-state index < -0.39 is 6.10 Å². The van der Waals surface area contributed by atoms with Crippen LogP contribution in [0.2, 0.25) is 0 Å². The topological polar surface area (TPSA) is 47.6 Å². The van der Waals surface area contributed by atoms with Crippen molar-refractivity contribution >= 4 is 21.8 Å². The van der Waals surface area contributed by atoms with E-state index in [1.54, 1.807) is 14.0 Å². The van der Waals surface area contributed by atoms with Gasteiger partial charge in [0.1, 0.15) is 11.5 Å². The Balaban J connectivity index is 2.05. The first kappa shape index (κ1) is 20.3. The molecule has 1 amide bonds. The zero-order chi connectivity index (χ0) is 19.1. The summed E-state index contributed by atoms with van der Waals surface area (Å²) >= 11 is 3.39. The van der Waals surface area contributed by atoms with Crippen molar-refractivity contribution in [2.45, 2.75) is 39.3 Å². The van der Waals surface area contributed by atoms with Crippen LogP contribution in [0.3, 0.4) is 0 Å². The molecule has 2 atom stereocenters. The van der Waals surface area contributed by atoms with E-state index in [1.807, 2.05) is 48.5 Å². The third-order valence-corrected chi connectivity index (χ3v) is 4.57. The molecule has 4 nitrogen and oxygen atoms in total. The minimum atomic E-state index is -0.580. The number of methoxy groups -OCH3 is 1.